The molecule has 1 saturated carbocycles. The lowest BCUT2D eigenvalue weighted by atomic mass is 9.94. The molecular formula is C30H35N5O5S. The van der Waals surface area contributed by atoms with Crippen molar-refractivity contribution in [1.82, 2.24) is 15.3 Å². The van der Waals surface area contributed by atoms with Crippen LogP contribution in [0.25, 0.3) is 11.4 Å². The van der Waals surface area contributed by atoms with Crippen LogP contribution >= 0.6 is 0 Å². The molecule has 3 aliphatic rings. The molecule has 2 amide bonds. The topological polar surface area (TPSA) is 123 Å². The van der Waals surface area contributed by atoms with Gasteiger partial charge in [0.15, 0.2) is 15.7 Å². The number of ether oxygens (including phenoxy) is 2. The first-order valence-corrected chi connectivity index (χ1v) is 15.6. The average molecular weight is 578 g/mol. The third-order valence-corrected chi connectivity index (χ3v) is 10.6. The van der Waals surface area contributed by atoms with Gasteiger partial charge in [-0.05, 0) is 69.0 Å². The van der Waals surface area contributed by atoms with Gasteiger partial charge in [0.2, 0.25) is 0 Å². The number of aromatic nitrogens is 2. The lowest BCUT2D eigenvalue weighted by molar-refractivity contribution is 0.0729. The molecule has 0 unspecified atom stereocenters. The molecule has 1 aliphatic carbocycles. The van der Waals surface area contributed by atoms with Gasteiger partial charge in [0, 0.05) is 43.1 Å². The van der Waals surface area contributed by atoms with E-state index in [0.29, 0.717) is 56.0 Å². The molecule has 3 heterocycles. The van der Waals surface area contributed by atoms with Gasteiger partial charge >= 0.3 is 6.03 Å². The summed E-state index contributed by atoms with van der Waals surface area (Å²) in [5, 5.41) is 5.78. The fraction of sp³-hybridized carbons (Fsp3) is 0.433. The molecule has 41 heavy (non-hydrogen) atoms. The molecule has 216 valence electrons. The minimum atomic E-state index is -3.83. The van der Waals surface area contributed by atoms with Gasteiger partial charge in [-0.2, -0.15) is 0 Å². The van der Waals surface area contributed by atoms with Crippen LogP contribution in [0.15, 0.2) is 65.6 Å². The number of morpholine rings is 1. The second-order valence-corrected chi connectivity index (χ2v) is 13.2. The second kappa shape index (κ2) is 11.4. The Morgan fingerprint density at radius 3 is 2.39 bits per heavy atom. The first kappa shape index (κ1) is 27.6. The van der Waals surface area contributed by atoms with E-state index in [4.69, 9.17) is 19.4 Å². The van der Waals surface area contributed by atoms with Gasteiger partial charge in [-0.15, -0.1) is 0 Å². The average Bonchev–Trinajstić information content (AvgIpc) is 3.82. The van der Waals surface area contributed by atoms with Crippen LogP contribution < -0.4 is 15.5 Å². The van der Waals surface area contributed by atoms with Crippen LogP contribution in [0.2, 0.25) is 0 Å². The summed E-state index contributed by atoms with van der Waals surface area (Å²) in [5.41, 5.74) is 1.84. The summed E-state index contributed by atoms with van der Waals surface area (Å²) in [6, 6.07) is 17.8. The summed E-state index contributed by atoms with van der Waals surface area (Å²) in [4.78, 5) is 24.5. The molecule has 3 fully saturated rings. The van der Waals surface area contributed by atoms with Gasteiger partial charge in [-0.25, -0.2) is 23.2 Å². The molecule has 1 aromatic heterocycles. The van der Waals surface area contributed by atoms with Crippen molar-refractivity contribution < 1.29 is 22.7 Å². The lowest BCUT2D eigenvalue weighted by Crippen LogP contribution is -2.45. The van der Waals surface area contributed by atoms with Crippen LogP contribution in [0, 0.1) is 0 Å². The Morgan fingerprint density at radius 2 is 1.71 bits per heavy atom. The maximum absolute atomic E-state index is 14.3. The monoisotopic (exact) mass is 577 g/mol. The Hall–Kier alpha value is -3.54. The van der Waals surface area contributed by atoms with E-state index in [1.807, 2.05) is 24.3 Å². The minimum absolute atomic E-state index is 0.0623. The SMILES string of the molecule is C[C@H]1COCCN1c1cc(C2(S(=O)(=O)c3ccccc3)CCOCC2)nc(-c2ccc(NC(=O)NC3CC3)cc2)n1. The number of benzene rings is 2. The largest absolute Gasteiger partial charge is 0.381 e. The zero-order chi connectivity index (χ0) is 28.5. The minimum Gasteiger partial charge on any atom is -0.381 e. The highest BCUT2D eigenvalue weighted by Crippen LogP contribution is 2.44. The fourth-order valence-electron chi connectivity index (χ4n) is 5.48. The molecule has 0 spiro atoms. The number of urea groups is 1. The molecule has 11 heteroatoms. The van der Waals surface area contributed by atoms with Crippen LogP contribution in [0.4, 0.5) is 16.3 Å². The summed E-state index contributed by atoms with van der Waals surface area (Å²) < 4.78 is 38.7. The van der Waals surface area contributed by atoms with Crippen molar-refractivity contribution in [1.29, 1.82) is 0 Å². The summed E-state index contributed by atoms with van der Waals surface area (Å²) in [5.74, 6) is 1.10. The molecule has 0 radical (unpaired) electrons. The first-order chi connectivity index (χ1) is 19.9. The zero-order valence-corrected chi connectivity index (χ0v) is 23.9. The Kier molecular flexibility index (Phi) is 7.67. The molecule has 2 saturated heterocycles. The number of hydrogen-bond acceptors (Lipinski definition) is 8. The smallest absolute Gasteiger partial charge is 0.319 e. The van der Waals surface area contributed by atoms with Crippen molar-refractivity contribution in [3.8, 4) is 11.4 Å². The molecule has 0 bridgehead atoms. The van der Waals surface area contributed by atoms with Gasteiger partial charge in [0.05, 0.1) is 29.8 Å². The van der Waals surface area contributed by atoms with E-state index in [2.05, 4.69) is 22.5 Å². The van der Waals surface area contributed by atoms with Crippen molar-refractivity contribution >= 4 is 27.4 Å². The Balaban J connectivity index is 1.43. The standard InChI is InChI=1S/C30H35N5O5S/c1-21-20-40-18-15-35(21)27-19-26(30(13-16-39-17-14-30)41(37,38)25-5-3-2-4-6-25)33-28(34-27)22-7-9-23(10-8-22)31-29(36)32-24-11-12-24/h2-10,19,21,24H,11-18,20H2,1H3,(H2,31,32,36)/t21-/m0/s1. The molecule has 1 atom stereocenters. The van der Waals surface area contributed by atoms with Crippen LogP contribution in [-0.2, 0) is 24.1 Å². The second-order valence-electron chi connectivity index (χ2n) is 10.9. The normalized spacial score (nSPS) is 20.8. The van der Waals surface area contributed by atoms with E-state index in [0.717, 1.165) is 18.4 Å². The zero-order valence-electron chi connectivity index (χ0n) is 23.1. The summed E-state index contributed by atoms with van der Waals surface area (Å²) >= 11 is 0. The lowest BCUT2D eigenvalue weighted by Gasteiger charge is -2.38. The number of carbonyl (C=O) groups excluding carboxylic acids is 1. The molecular weight excluding hydrogens is 542 g/mol. The number of rotatable bonds is 7. The summed E-state index contributed by atoms with van der Waals surface area (Å²) in [7, 11) is -3.83. The number of carbonyl (C=O) groups is 1. The quantitative estimate of drug-likeness (QED) is 0.430. The van der Waals surface area contributed by atoms with E-state index in [9.17, 15) is 13.2 Å². The highest BCUT2D eigenvalue weighted by molar-refractivity contribution is 7.92. The Morgan fingerprint density at radius 1 is 0.976 bits per heavy atom. The highest BCUT2D eigenvalue weighted by Gasteiger charge is 2.49. The van der Waals surface area contributed by atoms with Crippen molar-refractivity contribution in [2.75, 3.05) is 43.2 Å². The van der Waals surface area contributed by atoms with Crippen molar-refractivity contribution in [2.45, 2.75) is 54.3 Å². The predicted molar refractivity (Wildman–Crippen MR) is 156 cm³/mol. The third kappa shape index (κ3) is 5.66. The van der Waals surface area contributed by atoms with Crippen molar-refractivity contribution in [3.05, 3.63) is 66.4 Å². The number of anilines is 2. The van der Waals surface area contributed by atoms with Crippen LogP contribution in [0.3, 0.4) is 0 Å². The van der Waals surface area contributed by atoms with Gasteiger partial charge in [0.25, 0.3) is 0 Å². The number of nitrogens with one attached hydrogen (secondary N) is 2. The highest BCUT2D eigenvalue weighted by atomic mass is 32.2. The molecule has 3 aromatic rings. The first-order valence-electron chi connectivity index (χ1n) is 14.2. The predicted octanol–water partition coefficient (Wildman–Crippen LogP) is 4.13. The van der Waals surface area contributed by atoms with E-state index in [1.54, 1.807) is 36.4 Å². The van der Waals surface area contributed by atoms with E-state index in [-0.39, 0.29) is 35.9 Å². The number of amides is 2. The maximum atomic E-state index is 14.3. The summed E-state index contributed by atoms with van der Waals surface area (Å²) in [6.45, 7) is 4.45. The molecule has 10 nitrogen and oxygen atoms in total. The number of hydrogen-bond donors (Lipinski definition) is 2. The van der Waals surface area contributed by atoms with Gasteiger partial charge in [-0.1, -0.05) is 18.2 Å². The van der Waals surface area contributed by atoms with E-state index in [1.165, 1.54) is 0 Å². The number of sulfone groups is 1. The molecule has 2 N–H and O–H groups in total. The third-order valence-electron chi connectivity index (χ3n) is 8.02. The van der Waals surface area contributed by atoms with Crippen LogP contribution in [0.5, 0.6) is 0 Å². The maximum Gasteiger partial charge on any atom is 0.319 e. The summed E-state index contributed by atoms with van der Waals surface area (Å²) in [6.07, 6.45) is 2.60. The van der Waals surface area contributed by atoms with Gasteiger partial charge < -0.3 is 25.0 Å². The van der Waals surface area contributed by atoms with Gasteiger partial charge in [-0.3, -0.25) is 0 Å². The van der Waals surface area contributed by atoms with Gasteiger partial charge in [0.1, 0.15) is 10.6 Å². The Labute approximate surface area is 240 Å². The Bertz CT molecular complexity index is 1490. The molecule has 6 rings (SSSR count). The van der Waals surface area contributed by atoms with Crippen molar-refractivity contribution in [3.63, 3.8) is 0 Å². The van der Waals surface area contributed by atoms with E-state index >= 15 is 0 Å². The molecule has 2 aromatic carbocycles. The van der Waals surface area contributed by atoms with Crippen molar-refractivity contribution in [2.24, 2.45) is 0 Å². The fourth-order valence-corrected chi connectivity index (χ4v) is 7.53. The van der Waals surface area contributed by atoms with E-state index < -0.39 is 14.6 Å². The van der Waals surface area contributed by atoms with Crippen LogP contribution in [0.1, 0.15) is 38.3 Å². The molecule has 2 aliphatic heterocycles. The number of nitrogens with zero attached hydrogens (tertiary/aromatic N) is 3. The van der Waals surface area contributed by atoms with Crippen LogP contribution in [-0.4, -0.2) is 69.5 Å².